The van der Waals surface area contributed by atoms with E-state index in [9.17, 15) is 9.59 Å². The minimum atomic E-state index is -0.428. The van der Waals surface area contributed by atoms with Crippen LogP contribution in [0.3, 0.4) is 0 Å². The standard InChI is InChI=1S/C16H19ClN4O2S/c1-3-4-15-20-21-16(24-15)19-14(23)9-13(18-10(2)22)11-5-7-12(17)8-6-11/h5-8,13H,3-4,9H2,1-2H3,(H,18,22)(H,19,21,23). The molecule has 8 heteroatoms. The molecule has 128 valence electrons. The molecule has 24 heavy (non-hydrogen) atoms. The third-order valence-electron chi connectivity index (χ3n) is 3.22. The van der Waals surface area contributed by atoms with Gasteiger partial charge >= 0.3 is 0 Å². The Morgan fingerprint density at radius 3 is 2.58 bits per heavy atom. The number of carbonyl (C=O) groups excluding carboxylic acids is 2. The van der Waals surface area contributed by atoms with E-state index in [1.807, 2.05) is 0 Å². The van der Waals surface area contributed by atoms with Gasteiger partial charge < -0.3 is 10.6 Å². The molecule has 0 bridgehead atoms. The van der Waals surface area contributed by atoms with Crippen molar-refractivity contribution in [2.24, 2.45) is 0 Å². The molecule has 6 nitrogen and oxygen atoms in total. The van der Waals surface area contributed by atoms with Crippen molar-refractivity contribution in [1.82, 2.24) is 15.5 Å². The summed E-state index contributed by atoms with van der Waals surface area (Å²) in [7, 11) is 0. The Labute approximate surface area is 149 Å². The minimum Gasteiger partial charge on any atom is -0.349 e. The highest BCUT2D eigenvalue weighted by atomic mass is 35.5. The van der Waals surface area contributed by atoms with E-state index in [2.05, 4.69) is 27.8 Å². The Balaban J connectivity index is 2.03. The van der Waals surface area contributed by atoms with Crippen molar-refractivity contribution in [1.29, 1.82) is 0 Å². The van der Waals surface area contributed by atoms with Crippen LogP contribution in [0, 0.1) is 0 Å². The first-order valence-electron chi connectivity index (χ1n) is 7.62. The van der Waals surface area contributed by atoms with E-state index < -0.39 is 6.04 Å². The van der Waals surface area contributed by atoms with Crippen molar-refractivity contribution in [3.8, 4) is 0 Å². The molecule has 1 atom stereocenters. The average molecular weight is 367 g/mol. The van der Waals surface area contributed by atoms with E-state index >= 15 is 0 Å². The van der Waals surface area contributed by atoms with Gasteiger partial charge in [0.25, 0.3) is 0 Å². The molecule has 0 aliphatic carbocycles. The first-order chi connectivity index (χ1) is 11.5. The van der Waals surface area contributed by atoms with E-state index in [1.165, 1.54) is 18.3 Å². The Bertz CT molecular complexity index is 702. The van der Waals surface area contributed by atoms with Gasteiger partial charge in [-0.25, -0.2) is 0 Å². The van der Waals surface area contributed by atoms with Crippen LogP contribution in [0.5, 0.6) is 0 Å². The van der Waals surface area contributed by atoms with Crippen LogP contribution in [0.25, 0.3) is 0 Å². The number of halogens is 1. The van der Waals surface area contributed by atoms with Crippen molar-refractivity contribution in [3.63, 3.8) is 0 Å². The van der Waals surface area contributed by atoms with Crippen LogP contribution in [0.15, 0.2) is 24.3 Å². The Morgan fingerprint density at radius 1 is 1.25 bits per heavy atom. The summed E-state index contributed by atoms with van der Waals surface area (Å²) in [5.41, 5.74) is 0.814. The molecule has 1 aromatic carbocycles. The van der Waals surface area contributed by atoms with Gasteiger partial charge in [-0.2, -0.15) is 0 Å². The third-order valence-corrected chi connectivity index (χ3v) is 4.37. The molecule has 1 unspecified atom stereocenters. The predicted molar refractivity (Wildman–Crippen MR) is 95.2 cm³/mol. The molecule has 0 saturated carbocycles. The Morgan fingerprint density at radius 2 is 1.96 bits per heavy atom. The zero-order chi connectivity index (χ0) is 17.5. The monoisotopic (exact) mass is 366 g/mol. The van der Waals surface area contributed by atoms with E-state index in [1.54, 1.807) is 24.3 Å². The fraction of sp³-hybridized carbons (Fsp3) is 0.375. The molecule has 0 aliphatic rings. The van der Waals surface area contributed by atoms with E-state index in [0.717, 1.165) is 23.4 Å². The number of carbonyl (C=O) groups is 2. The number of nitrogens with zero attached hydrogens (tertiary/aromatic N) is 2. The summed E-state index contributed by atoms with van der Waals surface area (Å²) in [5, 5.41) is 15.5. The lowest BCUT2D eigenvalue weighted by Crippen LogP contribution is -2.29. The van der Waals surface area contributed by atoms with Gasteiger partial charge in [-0.05, 0) is 24.1 Å². The molecule has 0 radical (unpaired) electrons. The number of benzene rings is 1. The molecule has 2 aromatic rings. The van der Waals surface area contributed by atoms with Crippen molar-refractivity contribution < 1.29 is 9.59 Å². The molecule has 2 amide bonds. The molecular formula is C16H19ClN4O2S. The highest BCUT2D eigenvalue weighted by Gasteiger charge is 2.18. The summed E-state index contributed by atoms with van der Waals surface area (Å²) < 4.78 is 0. The number of hydrogen-bond acceptors (Lipinski definition) is 5. The number of nitrogens with one attached hydrogen (secondary N) is 2. The fourth-order valence-electron chi connectivity index (χ4n) is 2.17. The predicted octanol–water partition coefficient (Wildman–Crippen LogP) is 3.35. The van der Waals surface area contributed by atoms with Crippen LogP contribution in [0.2, 0.25) is 5.02 Å². The van der Waals surface area contributed by atoms with Gasteiger partial charge in [-0.3, -0.25) is 9.59 Å². The number of aryl methyl sites for hydroxylation is 1. The van der Waals surface area contributed by atoms with E-state index in [4.69, 9.17) is 11.6 Å². The average Bonchev–Trinajstić information content (AvgIpc) is 2.94. The maximum Gasteiger partial charge on any atom is 0.228 e. The summed E-state index contributed by atoms with van der Waals surface area (Å²) in [4.78, 5) is 23.7. The molecule has 2 N–H and O–H groups in total. The van der Waals surface area contributed by atoms with E-state index in [0.29, 0.717) is 10.2 Å². The summed E-state index contributed by atoms with van der Waals surface area (Å²) in [6, 6.07) is 6.61. The third kappa shape index (κ3) is 5.58. The number of anilines is 1. The molecular weight excluding hydrogens is 348 g/mol. The second-order valence-electron chi connectivity index (χ2n) is 5.31. The lowest BCUT2D eigenvalue weighted by molar-refractivity contribution is -0.120. The van der Waals surface area contributed by atoms with Gasteiger partial charge in [0.1, 0.15) is 5.01 Å². The van der Waals surface area contributed by atoms with Crippen molar-refractivity contribution in [2.45, 2.75) is 39.2 Å². The number of amides is 2. The molecule has 0 aliphatic heterocycles. The van der Waals surface area contributed by atoms with Crippen molar-refractivity contribution in [3.05, 3.63) is 39.9 Å². The molecule has 0 fully saturated rings. The van der Waals surface area contributed by atoms with Crippen LogP contribution in [-0.2, 0) is 16.0 Å². The van der Waals surface area contributed by atoms with Gasteiger partial charge in [0.2, 0.25) is 16.9 Å². The number of rotatable bonds is 7. The highest BCUT2D eigenvalue weighted by Crippen LogP contribution is 2.21. The quantitative estimate of drug-likeness (QED) is 0.787. The minimum absolute atomic E-state index is 0.101. The Hall–Kier alpha value is -1.99. The smallest absolute Gasteiger partial charge is 0.228 e. The Kier molecular flexibility index (Phi) is 6.69. The second-order valence-corrected chi connectivity index (χ2v) is 6.81. The highest BCUT2D eigenvalue weighted by molar-refractivity contribution is 7.15. The van der Waals surface area contributed by atoms with Gasteiger partial charge in [-0.1, -0.05) is 42.0 Å². The molecule has 2 rings (SSSR count). The SMILES string of the molecule is CCCc1nnc(NC(=O)CC(NC(C)=O)c2ccc(Cl)cc2)s1. The summed E-state index contributed by atoms with van der Waals surface area (Å²) >= 11 is 7.25. The van der Waals surface area contributed by atoms with Gasteiger partial charge in [0, 0.05) is 18.4 Å². The van der Waals surface area contributed by atoms with E-state index in [-0.39, 0.29) is 18.2 Å². The first-order valence-corrected chi connectivity index (χ1v) is 8.82. The van der Waals surface area contributed by atoms with Crippen molar-refractivity contribution >= 4 is 39.9 Å². The maximum atomic E-state index is 12.3. The molecule has 0 spiro atoms. The van der Waals surface area contributed by atoms with Crippen molar-refractivity contribution in [2.75, 3.05) is 5.32 Å². The largest absolute Gasteiger partial charge is 0.349 e. The fourth-order valence-corrected chi connectivity index (χ4v) is 3.15. The molecule has 1 aromatic heterocycles. The zero-order valence-corrected chi connectivity index (χ0v) is 15.1. The van der Waals surface area contributed by atoms with Gasteiger partial charge in [0.15, 0.2) is 0 Å². The topological polar surface area (TPSA) is 84.0 Å². The summed E-state index contributed by atoms with van der Waals surface area (Å²) in [6.45, 7) is 3.48. The number of hydrogen-bond donors (Lipinski definition) is 2. The van der Waals surface area contributed by atoms with Crippen LogP contribution in [-0.4, -0.2) is 22.0 Å². The normalized spacial score (nSPS) is 11.8. The lowest BCUT2D eigenvalue weighted by atomic mass is 10.0. The van der Waals surface area contributed by atoms with Crippen LogP contribution in [0.4, 0.5) is 5.13 Å². The van der Waals surface area contributed by atoms with Crippen LogP contribution < -0.4 is 10.6 Å². The maximum absolute atomic E-state index is 12.3. The zero-order valence-electron chi connectivity index (χ0n) is 13.5. The summed E-state index contributed by atoms with van der Waals surface area (Å²) in [6.07, 6.45) is 1.92. The lowest BCUT2D eigenvalue weighted by Gasteiger charge is -2.17. The van der Waals surface area contributed by atoms with Crippen LogP contribution >= 0.6 is 22.9 Å². The number of aromatic nitrogens is 2. The van der Waals surface area contributed by atoms with Crippen LogP contribution in [0.1, 0.15) is 43.3 Å². The van der Waals surface area contributed by atoms with Gasteiger partial charge in [-0.15, -0.1) is 10.2 Å². The summed E-state index contributed by atoms with van der Waals surface area (Å²) in [5.74, 6) is -0.438. The van der Waals surface area contributed by atoms with Gasteiger partial charge in [0.05, 0.1) is 12.5 Å². The second kappa shape index (κ2) is 8.75. The molecule has 1 heterocycles. The first kappa shape index (κ1) is 18.4. The molecule has 0 saturated heterocycles.